The summed E-state index contributed by atoms with van der Waals surface area (Å²) in [6, 6.07) is 5.92. The van der Waals surface area contributed by atoms with Crippen LogP contribution < -0.4 is 21.3 Å². The Balaban J connectivity index is 1.90. The molecule has 0 radical (unpaired) electrons. The van der Waals surface area contributed by atoms with Crippen molar-refractivity contribution >= 4 is 11.6 Å². The van der Waals surface area contributed by atoms with E-state index < -0.39 is 23.8 Å². The Morgan fingerprint density at radius 3 is 2.58 bits per heavy atom. The first-order valence-electron chi connectivity index (χ1n) is 10.4. The zero-order chi connectivity index (χ0) is 22.1. The Morgan fingerprint density at radius 1 is 1.16 bits per heavy atom. The van der Waals surface area contributed by atoms with Gasteiger partial charge >= 0.3 is 12.3 Å². The minimum atomic E-state index is -2.95. The topological polar surface area (TPSA) is 93.2 Å². The number of hydrogen-bond acceptors (Lipinski definition) is 5. The van der Waals surface area contributed by atoms with E-state index in [-0.39, 0.29) is 17.1 Å². The highest BCUT2D eigenvalue weighted by Gasteiger charge is 2.38. The van der Waals surface area contributed by atoms with Crippen molar-refractivity contribution in [3.8, 4) is 5.75 Å². The monoisotopic (exact) mass is 431 g/mol. The number of allylic oxidation sites excluding steroid dienone is 2. The van der Waals surface area contributed by atoms with Crippen molar-refractivity contribution in [2.45, 2.75) is 58.1 Å². The number of unbranched alkanes of at least 4 members (excludes halogenated alkanes) is 1. The number of fused-ring (bicyclic) bond motifs is 1. The van der Waals surface area contributed by atoms with Gasteiger partial charge in [-0.1, -0.05) is 25.5 Å². The molecule has 1 aromatic heterocycles. The fourth-order valence-electron chi connectivity index (χ4n) is 4.31. The van der Waals surface area contributed by atoms with Gasteiger partial charge in [0.05, 0.1) is 5.56 Å². The second kappa shape index (κ2) is 8.49. The lowest BCUT2D eigenvalue weighted by Crippen LogP contribution is -2.40. The van der Waals surface area contributed by atoms with Crippen LogP contribution in [0.2, 0.25) is 0 Å². The van der Waals surface area contributed by atoms with Gasteiger partial charge in [0.15, 0.2) is 5.78 Å². The molecule has 0 saturated carbocycles. The average Bonchev–Trinajstić information content (AvgIpc) is 2.72. The summed E-state index contributed by atoms with van der Waals surface area (Å²) < 4.78 is 31.0. The van der Waals surface area contributed by atoms with Crippen molar-refractivity contribution in [1.82, 2.24) is 9.55 Å². The van der Waals surface area contributed by atoms with Crippen molar-refractivity contribution in [2.75, 3.05) is 5.32 Å². The van der Waals surface area contributed by atoms with Gasteiger partial charge in [-0.05, 0) is 37.0 Å². The number of anilines is 1. The standard InChI is InChI=1S/C22H23F2N3O4/c1-2-3-11-27-19-18(20(29)26-22(27)30)16(17-14(25-19)5-4-6-15(17)28)12-7-9-13(10-8-12)31-21(23)24/h7-10,16,21,25H,2-6,11H2,1H3,(H,26,29,30)/t16-/m0/s1. The molecule has 7 nitrogen and oxygen atoms in total. The van der Waals surface area contributed by atoms with E-state index in [0.717, 1.165) is 12.8 Å². The molecule has 0 saturated heterocycles. The van der Waals surface area contributed by atoms with Gasteiger partial charge in [0, 0.05) is 30.2 Å². The quantitative estimate of drug-likeness (QED) is 0.730. The molecular weight excluding hydrogens is 408 g/mol. The smallest absolute Gasteiger partial charge is 0.387 e. The van der Waals surface area contributed by atoms with Crippen LogP contribution in [0, 0.1) is 0 Å². The predicted octanol–water partition coefficient (Wildman–Crippen LogP) is 3.50. The summed E-state index contributed by atoms with van der Waals surface area (Å²) in [5.41, 5.74) is 1.01. The number of carbonyl (C=O) groups is 1. The van der Waals surface area contributed by atoms with E-state index in [0.29, 0.717) is 48.5 Å². The van der Waals surface area contributed by atoms with Crippen LogP contribution in [-0.4, -0.2) is 21.9 Å². The number of benzene rings is 1. The van der Waals surface area contributed by atoms with Crippen molar-refractivity contribution < 1.29 is 18.3 Å². The minimum Gasteiger partial charge on any atom is -0.435 e. The number of Topliss-reactive ketones (excluding diaryl/α,β-unsaturated/α-hetero) is 1. The fraction of sp³-hybridized carbons (Fsp3) is 0.409. The number of H-pyrrole nitrogens is 1. The van der Waals surface area contributed by atoms with Crippen LogP contribution in [0.5, 0.6) is 5.75 Å². The Labute approximate surface area is 176 Å². The molecule has 0 spiro atoms. The number of nitrogens with one attached hydrogen (secondary N) is 2. The van der Waals surface area contributed by atoms with Crippen LogP contribution in [0.1, 0.15) is 56.1 Å². The molecule has 2 aliphatic rings. The first kappa shape index (κ1) is 21.0. The van der Waals surface area contributed by atoms with Gasteiger partial charge in [-0.25, -0.2) is 4.79 Å². The summed E-state index contributed by atoms with van der Waals surface area (Å²) in [6.45, 7) is -0.523. The van der Waals surface area contributed by atoms with Gasteiger partial charge in [0.25, 0.3) is 5.56 Å². The number of aromatic amines is 1. The maximum atomic E-state index is 12.9. The highest BCUT2D eigenvalue weighted by Crippen LogP contribution is 2.43. The summed E-state index contributed by atoms with van der Waals surface area (Å²) in [7, 11) is 0. The maximum Gasteiger partial charge on any atom is 0.387 e. The van der Waals surface area contributed by atoms with Gasteiger partial charge in [-0.3, -0.25) is 19.1 Å². The normalized spacial score (nSPS) is 17.9. The molecule has 1 aliphatic carbocycles. The zero-order valence-electron chi connectivity index (χ0n) is 17.0. The lowest BCUT2D eigenvalue weighted by molar-refractivity contribution is -0.116. The highest BCUT2D eigenvalue weighted by molar-refractivity contribution is 6.00. The van der Waals surface area contributed by atoms with Crippen LogP contribution in [0.25, 0.3) is 0 Å². The van der Waals surface area contributed by atoms with Gasteiger partial charge in [0.1, 0.15) is 11.6 Å². The number of rotatable bonds is 6. The largest absolute Gasteiger partial charge is 0.435 e. The Hall–Kier alpha value is -3.23. The van der Waals surface area contributed by atoms with E-state index >= 15 is 0 Å². The van der Waals surface area contributed by atoms with Crippen molar-refractivity contribution in [3.63, 3.8) is 0 Å². The lowest BCUT2D eigenvalue weighted by Gasteiger charge is -2.34. The second-order valence-corrected chi connectivity index (χ2v) is 7.70. The Kier molecular flexibility index (Phi) is 5.75. The number of nitrogens with zero attached hydrogens (tertiary/aromatic N) is 1. The van der Waals surface area contributed by atoms with Crippen LogP contribution in [-0.2, 0) is 11.3 Å². The summed E-state index contributed by atoms with van der Waals surface area (Å²) in [4.78, 5) is 40.7. The summed E-state index contributed by atoms with van der Waals surface area (Å²) in [5, 5.41) is 3.20. The zero-order valence-corrected chi connectivity index (χ0v) is 17.0. The average molecular weight is 431 g/mol. The van der Waals surface area contributed by atoms with Gasteiger partial charge in [-0.15, -0.1) is 0 Å². The Morgan fingerprint density at radius 2 is 1.90 bits per heavy atom. The molecule has 0 bridgehead atoms. The van der Waals surface area contributed by atoms with E-state index in [1.807, 2.05) is 6.92 Å². The first-order chi connectivity index (χ1) is 14.9. The van der Waals surface area contributed by atoms with Gasteiger partial charge in [-0.2, -0.15) is 8.78 Å². The molecule has 4 rings (SSSR count). The molecule has 164 valence electrons. The number of alkyl halides is 2. The Bertz CT molecular complexity index is 1150. The number of hydrogen-bond donors (Lipinski definition) is 2. The fourth-order valence-corrected chi connectivity index (χ4v) is 4.31. The number of carbonyl (C=O) groups excluding carboxylic acids is 1. The molecule has 1 atom stereocenters. The second-order valence-electron chi connectivity index (χ2n) is 7.70. The van der Waals surface area contributed by atoms with Gasteiger partial charge < -0.3 is 10.1 Å². The molecule has 2 heterocycles. The third kappa shape index (κ3) is 3.92. The molecule has 2 aromatic rings. The van der Waals surface area contributed by atoms with Crippen molar-refractivity contribution in [3.05, 3.63) is 67.5 Å². The molecule has 0 fully saturated rings. The summed E-state index contributed by atoms with van der Waals surface area (Å²) >= 11 is 0. The third-order valence-electron chi connectivity index (χ3n) is 5.71. The molecule has 0 amide bonds. The summed E-state index contributed by atoms with van der Waals surface area (Å²) in [5.74, 6) is -0.382. The van der Waals surface area contributed by atoms with E-state index in [1.54, 1.807) is 12.1 Å². The summed E-state index contributed by atoms with van der Waals surface area (Å²) in [6.07, 6.45) is 3.28. The predicted molar refractivity (Wildman–Crippen MR) is 111 cm³/mol. The van der Waals surface area contributed by atoms with Crippen LogP contribution >= 0.6 is 0 Å². The highest BCUT2D eigenvalue weighted by atomic mass is 19.3. The number of ether oxygens (including phenoxy) is 1. The van der Waals surface area contributed by atoms with Crippen LogP contribution in [0.15, 0.2) is 45.1 Å². The number of halogens is 2. The molecular formula is C22H23F2N3O4. The van der Waals surface area contributed by atoms with Crippen molar-refractivity contribution in [1.29, 1.82) is 0 Å². The van der Waals surface area contributed by atoms with Crippen LogP contribution in [0.3, 0.4) is 0 Å². The van der Waals surface area contributed by atoms with E-state index in [9.17, 15) is 23.2 Å². The molecule has 31 heavy (non-hydrogen) atoms. The van der Waals surface area contributed by atoms with E-state index in [2.05, 4.69) is 15.0 Å². The van der Waals surface area contributed by atoms with Crippen LogP contribution in [0.4, 0.5) is 14.6 Å². The first-order valence-corrected chi connectivity index (χ1v) is 10.4. The van der Waals surface area contributed by atoms with E-state index in [4.69, 9.17) is 0 Å². The van der Waals surface area contributed by atoms with E-state index in [1.165, 1.54) is 16.7 Å². The third-order valence-corrected chi connectivity index (χ3v) is 5.71. The number of ketones is 1. The minimum absolute atomic E-state index is 0.0149. The SMILES string of the molecule is CCCCn1c2c(c(=O)[nH]c1=O)[C@@H](c1ccc(OC(F)F)cc1)C1=C(CCCC1=O)N2. The molecule has 9 heteroatoms. The molecule has 1 aromatic carbocycles. The molecule has 2 N–H and O–H groups in total. The molecule has 1 aliphatic heterocycles. The number of aromatic nitrogens is 2. The maximum absolute atomic E-state index is 12.9. The molecule has 0 unspecified atom stereocenters. The van der Waals surface area contributed by atoms with Crippen molar-refractivity contribution in [2.24, 2.45) is 0 Å². The lowest BCUT2D eigenvalue weighted by atomic mass is 9.76. The van der Waals surface area contributed by atoms with Gasteiger partial charge in [0.2, 0.25) is 0 Å².